The smallest absolute Gasteiger partial charge is 0.230 e. The Morgan fingerprint density at radius 3 is 2.95 bits per heavy atom. The van der Waals surface area contributed by atoms with E-state index in [1.807, 2.05) is 31.2 Å². The van der Waals surface area contributed by atoms with Crippen molar-refractivity contribution in [3.8, 4) is 0 Å². The summed E-state index contributed by atoms with van der Waals surface area (Å²) >= 11 is 1.55. The Labute approximate surface area is 131 Å². The Kier molecular flexibility index (Phi) is 5.71. The minimum Gasteiger partial charge on any atom is -0.388 e. The van der Waals surface area contributed by atoms with Crippen LogP contribution >= 0.6 is 11.8 Å². The molecule has 2 unspecified atom stereocenters. The minimum absolute atomic E-state index is 0.00472. The molecule has 1 amide bonds. The van der Waals surface area contributed by atoms with E-state index in [0.29, 0.717) is 18.2 Å². The quantitative estimate of drug-likeness (QED) is 0.822. The van der Waals surface area contributed by atoms with E-state index in [0.717, 1.165) is 24.2 Å². The maximum atomic E-state index is 12.0. The number of nitrogens with one attached hydrogen (secondary N) is 1. The number of hydrogen-bond acceptors (Lipinski definition) is 3. The van der Waals surface area contributed by atoms with Gasteiger partial charge in [0.2, 0.25) is 5.91 Å². The molecule has 0 bridgehead atoms. The third-order valence-corrected chi connectivity index (χ3v) is 5.31. The highest BCUT2D eigenvalue weighted by molar-refractivity contribution is 8.00. The SMILES string of the molecule is Cc1ccccc1SCC(=O)NCC1(O)CCCC(C)C1. The minimum atomic E-state index is -0.708. The van der Waals surface area contributed by atoms with Crippen LogP contribution in [0.1, 0.15) is 38.2 Å². The summed E-state index contributed by atoms with van der Waals surface area (Å²) in [5.41, 5.74) is 0.482. The molecule has 2 N–H and O–H groups in total. The van der Waals surface area contributed by atoms with Crippen molar-refractivity contribution in [3.05, 3.63) is 29.8 Å². The lowest BCUT2D eigenvalue weighted by Crippen LogP contribution is -2.46. The summed E-state index contributed by atoms with van der Waals surface area (Å²) < 4.78 is 0. The third kappa shape index (κ3) is 5.04. The van der Waals surface area contributed by atoms with E-state index < -0.39 is 5.60 Å². The van der Waals surface area contributed by atoms with Crippen LogP contribution in [-0.2, 0) is 4.79 Å². The zero-order valence-corrected chi connectivity index (χ0v) is 13.7. The highest BCUT2D eigenvalue weighted by atomic mass is 32.2. The summed E-state index contributed by atoms with van der Waals surface area (Å²) in [4.78, 5) is 13.1. The maximum absolute atomic E-state index is 12.0. The van der Waals surface area contributed by atoms with Crippen molar-refractivity contribution in [1.29, 1.82) is 0 Å². The van der Waals surface area contributed by atoms with Gasteiger partial charge in [0.25, 0.3) is 0 Å². The molecular weight excluding hydrogens is 282 g/mol. The van der Waals surface area contributed by atoms with Gasteiger partial charge in [-0.25, -0.2) is 0 Å². The zero-order valence-electron chi connectivity index (χ0n) is 12.9. The monoisotopic (exact) mass is 307 g/mol. The Bertz CT molecular complexity index is 491. The standard InChI is InChI=1S/C17H25NO2S/c1-13-6-5-9-17(20,10-13)12-18-16(19)11-21-15-8-4-3-7-14(15)2/h3-4,7-8,13,20H,5-6,9-12H2,1-2H3,(H,18,19). The van der Waals surface area contributed by atoms with Gasteiger partial charge in [0.1, 0.15) is 0 Å². The zero-order chi connectivity index (χ0) is 15.3. The lowest BCUT2D eigenvalue weighted by Gasteiger charge is -2.35. The van der Waals surface area contributed by atoms with Crippen molar-refractivity contribution >= 4 is 17.7 Å². The molecule has 0 aliphatic heterocycles. The van der Waals surface area contributed by atoms with E-state index in [2.05, 4.69) is 12.2 Å². The van der Waals surface area contributed by atoms with Crippen LogP contribution in [0, 0.1) is 12.8 Å². The second kappa shape index (κ2) is 7.32. The van der Waals surface area contributed by atoms with Crippen molar-refractivity contribution in [2.24, 2.45) is 5.92 Å². The van der Waals surface area contributed by atoms with Crippen LogP contribution in [0.2, 0.25) is 0 Å². The van der Waals surface area contributed by atoms with Crippen LogP contribution in [-0.4, -0.2) is 28.9 Å². The third-order valence-electron chi connectivity index (χ3n) is 4.13. The molecule has 1 aromatic rings. The molecule has 0 spiro atoms. The van der Waals surface area contributed by atoms with Crippen molar-refractivity contribution in [3.63, 3.8) is 0 Å². The molecule has 1 saturated carbocycles. The van der Waals surface area contributed by atoms with Gasteiger partial charge in [-0.2, -0.15) is 0 Å². The van der Waals surface area contributed by atoms with E-state index in [9.17, 15) is 9.90 Å². The number of hydrogen-bond donors (Lipinski definition) is 2. The molecular formula is C17H25NO2S. The number of amides is 1. The summed E-state index contributed by atoms with van der Waals surface area (Å²) in [5, 5.41) is 13.4. The first kappa shape index (κ1) is 16.4. The molecule has 3 nitrogen and oxygen atoms in total. The van der Waals surface area contributed by atoms with Gasteiger partial charge in [-0.1, -0.05) is 38.0 Å². The Balaban J connectivity index is 1.76. The van der Waals surface area contributed by atoms with Gasteiger partial charge >= 0.3 is 0 Å². The van der Waals surface area contributed by atoms with E-state index >= 15 is 0 Å². The molecule has 1 aliphatic rings. The molecule has 116 valence electrons. The summed E-state index contributed by atoms with van der Waals surface area (Å²) in [7, 11) is 0. The first-order valence-electron chi connectivity index (χ1n) is 7.66. The van der Waals surface area contributed by atoms with Gasteiger partial charge in [-0.15, -0.1) is 11.8 Å². The van der Waals surface area contributed by atoms with E-state index in [4.69, 9.17) is 0 Å². The predicted molar refractivity (Wildman–Crippen MR) is 87.5 cm³/mol. The Hall–Kier alpha value is -1.00. The number of thioether (sulfide) groups is 1. The molecule has 0 heterocycles. The fourth-order valence-corrected chi connectivity index (χ4v) is 3.83. The first-order valence-corrected chi connectivity index (χ1v) is 8.65. The van der Waals surface area contributed by atoms with Crippen molar-refractivity contribution in [2.75, 3.05) is 12.3 Å². The van der Waals surface area contributed by atoms with Crippen LogP contribution in [0.15, 0.2) is 29.2 Å². The molecule has 0 radical (unpaired) electrons. The van der Waals surface area contributed by atoms with Gasteiger partial charge in [-0.3, -0.25) is 4.79 Å². The van der Waals surface area contributed by atoms with Crippen LogP contribution in [0.25, 0.3) is 0 Å². The van der Waals surface area contributed by atoms with Gasteiger partial charge in [0, 0.05) is 11.4 Å². The average Bonchev–Trinajstić information content (AvgIpc) is 2.44. The van der Waals surface area contributed by atoms with Gasteiger partial charge in [-0.05, 0) is 37.3 Å². The number of aryl methyl sites for hydroxylation is 1. The van der Waals surface area contributed by atoms with Crippen LogP contribution < -0.4 is 5.32 Å². The largest absolute Gasteiger partial charge is 0.388 e. The number of aliphatic hydroxyl groups is 1. The summed E-state index contributed by atoms with van der Waals surface area (Å²) in [6.45, 7) is 4.59. The summed E-state index contributed by atoms with van der Waals surface area (Å²) in [6, 6.07) is 8.06. The van der Waals surface area contributed by atoms with E-state index in [1.165, 1.54) is 12.0 Å². The second-order valence-electron chi connectivity index (χ2n) is 6.26. The summed E-state index contributed by atoms with van der Waals surface area (Å²) in [5.74, 6) is 0.938. The van der Waals surface area contributed by atoms with Crippen LogP contribution in [0.5, 0.6) is 0 Å². The average molecular weight is 307 g/mol. The molecule has 0 saturated heterocycles. The van der Waals surface area contributed by atoms with Crippen molar-refractivity contribution in [2.45, 2.75) is 50.0 Å². The van der Waals surface area contributed by atoms with Gasteiger partial charge in [0.05, 0.1) is 11.4 Å². The van der Waals surface area contributed by atoms with E-state index in [1.54, 1.807) is 11.8 Å². The molecule has 1 fully saturated rings. The number of carbonyl (C=O) groups excluding carboxylic acids is 1. The van der Waals surface area contributed by atoms with Gasteiger partial charge in [0.15, 0.2) is 0 Å². The Morgan fingerprint density at radius 2 is 2.24 bits per heavy atom. The van der Waals surface area contributed by atoms with E-state index in [-0.39, 0.29) is 5.91 Å². The normalized spacial score (nSPS) is 25.6. The predicted octanol–water partition coefficient (Wildman–Crippen LogP) is 3.14. The highest BCUT2D eigenvalue weighted by Gasteiger charge is 2.32. The highest BCUT2D eigenvalue weighted by Crippen LogP contribution is 2.31. The topological polar surface area (TPSA) is 49.3 Å². The van der Waals surface area contributed by atoms with Crippen molar-refractivity contribution < 1.29 is 9.90 Å². The van der Waals surface area contributed by atoms with Crippen LogP contribution in [0.4, 0.5) is 0 Å². The molecule has 4 heteroatoms. The lowest BCUT2D eigenvalue weighted by atomic mass is 9.79. The fraction of sp³-hybridized carbons (Fsp3) is 0.588. The fourth-order valence-electron chi connectivity index (χ4n) is 2.97. The Morgan fingerprint density at radius 1 is 1.48 bits per heavy atom. The summed E-state index contributed by atoms with van der Waals surface area (Å²) in [6.07, 6.45) is 3.81. The maximum Gasteiger partial charge on any atom is 0.230 e. The number of rotatable bonds is 5. The molecule has 2 atom stereocenters. The van der Waals surface area contributed by atoms with Crippen molar-refractivity contribution in [1.82, 2.24) is 5.32 Å². The lowest BCUT2D eigenvalue weighted by molar-refractivity contribution is -0.120. The van der Waals surface area contributed by atoms with Gasteiger partial charge < -0.3 is 10.4 Å². The van der Waals surface area contributed by atoms with Crippen LogP contribution in [0.3, 0.4) is 0 Å². The molecule has 0 aromatic heterocycles. The molecule has 2 rings (SSSR count). The molecule has 21 heavy (non-hydrogen) atoms. The second-order valence-corrected chi connectivity index (χ2v) is 7.27. The number of carbonyl (C=O) groups is 1. The molecule has 1 aliphatic carbocycles. The first-order chi connectivity index (χ1) is 9.98. The number of benzene rings is 1. The molecule has 1 aromatic carbocycles.